The molecule has 0 unspecified atom stereocenters. The molecule has 0 spiro atoms. The molecule has 0 bridgehead atoms. The van der Waals surface area contributed by atoms with E-state index in [0.29, 0.717) is 19.6 Å². The summed E-state index contributed by atoms with van der Waals surface area (Å²) in [5, 5.41) is 0. The van der Waals surface area contributed by atoms with E-state index in [9.17, 15) is 9.59 Å². The zero-order valence-electron chi connectivity index (χ0n) is 11.3. The predicted octanol–water partition coefficient (Wildman–Crippen LogP) is 0.779. The fraction of sp³-hybridized carbons (Fsp3) is 0.857. The summed E-state index contributed by atoms with van der Waals surface area (Å²) in [5.41, 5.74) is 0. The molecule has 3 fully saturated rings. The molecule has 0 radical (unpaired) electrons. The number of rotatable bonds is 2. The van der Waals surface area contributed by atoms with E-state index in [0.717, 1.165) is 38.8 Å². The molecule has 1 aliphatic carbocycles. The minimum Gasteiger partial charge on any atom is -0.379 e. The molecule has 0 aromatic heterocycles. The van der Waals surface area contributed by atoms with Crippen LogP contribution in [-0.2, 0) is 14.3 Å². The monoisotopic (exact) mass is 266 g/mol. The lowest BCUT2D eigenvalue weighted by atomic mass is 9.94. The number of imide groups is 1. The van der Waals surface area contributed by atoms with Crippen molar-refractivity contribution in [2.45, 2.75) is 50.6 Å². The molecule has 5 nitrogen and oxygen atoms in total. The largest absolute Gasteiger partial charge is 0.379 e. The predicted molar refractivity (Wildman–Crippen MR) is 69.5 cm³/mol. The van der Waals surface area contributed by atoms with E-state index in [1.54, 1.807) is 4.90 Å². The second-order valence-electron chi connectivity index (χ2n) is 5.76. The SMILES string of the molecule is O=C1C[C@H](N2CCOCC2)C(=O)N1C1CCCCC1. The van der Waals surface area contributed by atoms with Gasteiger partial charge < -0.3 is 4.74 Å². The molecule has 5 heteroatoms. The molecule has 3 aliphatic rings. The van der Waals surface area contributed by atoms with E-state index in [1.165, 1.54) is 6.42 Å². The van der Waals surface area contributed by atoms with Crippen LogP contribution in [0, 0.1) is 0 Å². The van der Waals surface area contributed by atoms with Crippen molar-refractivity contribution in [2.24, 2.45) is 0 Å². The van der Waals surface area contributed by atoms with Crippen molar-refractivity contribution in [3.05, 3.63) is 0 Å². The summed E-state index contributed by atoms with van der Waals surface area (Å²) >= 11 is 0. The zero-order valence-corrected chi connectivity index (χ0v) is 11.3. The molecule has 2 amide bonds. The number of morpholine rings is 1. The second-order valence-corrected chi connectivity index (χ2v) is 5.76. The van der Waals surface area contributed by atoms with Crippen LogP contribution < -0.4 is 0 Å². The first-order valence-corrected chi connectivity index (χ1v) is 7.45. The van der Waals surface area contributed by atoms with Gasteiger partial charge in [-0.25, -0.2) is 0 Å². The summed E-state index contributed by atoms with van der Waals surface area (Å²) < 4.78 is 5.31. The lowest BCUT2D eigenvalue weighted by molar-refractivity contribution is -0.143. The van der Waals surface area contributed by atoms with Gasteiger partial charge in [-0.1, -0.05) is 19.3 Å². The molecule has 0 N–H and O–H groups in total. The number of ether oxygens (including phenoxy) is 1. The highest BCUT2D eigenvalue weighted by Gasteiger charge is 2.45. The lowest BCUT2D eigenvalue weighted by Crippen LogP contribution is -2.49. The molecule has 0 aromatic rings. The van der Waals surface area contributed by atoms with Crippen molar-refractivity contribution in [1.29, 1.82) is 0 Å². The van der Waals surface area contributed by atoms with Gasteiger partial charge in [0.1, 0.15) is 0 Å². The van der Waals surface area contributed by atoms with Crippen LogP contribution in [-0.4, -0.2) is 60.0 Å². The molecule has 1 atom stereocenters. The summed E-state index contributed by atoms with van der Waals surface area (Å²) in [4.78, 5) is 28.4. The van der Waals surface area contributed by atoms with Gasteiger partial charge in [-0.15, -0.1) is 0 Å². The lowest BCUT2D eigenvalue weighted by Gasteiger charge is -2.33. The molecule has 2 saturated heterocycles. The fourth-order valence-corrected chi connectivity index (χ4v) is 3.53. The first-order chi connectivity index (χ1) is 9.27. The van der Waals surface area contributed by atoms with Crippen molar-refractivity contribution in [3.8, 4) is 0 Å². The van der Waals surface area contributed by atoms with E-state index >= 15 is 0 Å². The number of hydrogen-bond donors (Lipinski definition) is 0. The third-order valence-corrected chi connectivity index (χ3v) is 4.59. The minimum absolute atomic E-state index is 0.0355. The number of hydrogen-bond acceptors (Lipinski definition) is 4. The van der Waals surface area contributed by atoms with Gasteiger partial charge in [0.2, 0.25) is 11.8 Å². The van der Waals surface area contributed by atoms with Crippen molar-refractivity contribution < 1.29 is 14.3 Å². The Hall–Kier alpha value is -0.940. The molecule has 3 rings (SSSR count). The first-order valence-electron chi connectivity index (χ1n) is 7.45. The Bertz CT molecular complexity index is 360. The van der Waals surface area contributed by atoms with Crippen molar-refractivity contribution in [1.82, 2.24) is 9.80 Å². The van der Waals surface area contributed by atoms with E-state index in [4.69, 9.17) is 4.74 Å². The van der Waals surface area contributed by atoms with Gasteiger partial charge in [-0.3, -0.25) is 19.4 Å². The highest BCUT2D eigenvalue weighted by atomic mass is 16.5. The molecule has 0 aromatic carbocycles. The van der Waals surface area contributed by atoms with Crippen LogP contribution in [0.1, 0.15) is 38.5 Å². The standard InChI is InChI=1S/C14H22N2O3/c17-13-10-12(15-6-8-19-9-7-15)14(18)16(13)11-4-2-1-3-5-11/h11-12H,1-10H2/t12-/m0/s1. The maximum absolute atomic E-state index is 12.5. The molecule has 2 heterocycles. The Morgan fingerprint density at radius 2 is 1.68 bits per heavy atom. The van der Waals surface area contributed by atoms with Crippen LogP contribution in [0.5, 0.6) is 0 Å². The number of carbonyl (C=O) groups is 2. The third-order valence-electron chi connectivity index (χ3n) is 4.59. The van der Waals surface area contributed by atoms with Crippen LogP contribution in [0.25, 0.3) is 0 Å². The van der Waals surface area contributed by atoms with Crippen LogP contribution in [0.3, 0.4) is 0 Å². The zero-order chi connectivity index (χ0) is 13.2. The Morgan fingerprint density at radius 3 is 2.37 bits per heavy atom. The van der Waals surface area contributed by atoms with Gasteiger partial charge in [0, 0.05) is 19.1 Å². The maximum atomic E-state index is 12.5. The number of nitrogens with zero attached hydrogens (tertiary/aromatic N) is 2. The molecular formula is C14H22N2O3. The molecule has 2 aliphatic heterocycles. The van der Waals surface area contributed by atoms with Gasteiger partial charge in [0.05, 0.1) is 25.7 Å². The van der Waals surface area contributed by atoms with Gasteiger partial charge in [0.15, 0.2) is 0 Å². The normalized spacial score (nSPS) is 31.2. The minimum atomic E-state index is -0.224. The van der Waals surface area contributed by atoms with Crippen LogP contribution in [0.2, 0.25) is 0 Å². The van der Waals surface area contributed by atoms with Gasteiger partial charge in [-0.2, -0.15) is 0 Å². The Labute approximate surface area is 113 Å². The van der Waals surface area contributed by atoms with Crippen LogP contribution >= 0.6 is 0 Å². The summed E-state index contributed by atoms with van der Waals surface area (Å²) in [5.74, 6) is 0.0761. The maximum Gasteiger partial charge on any atom is 0.247 e. The molecular weight excluding hydrogens is 244 g/mol. The molecule has 1 saturated carbocycles. The van der Waals surface area contributed by atoms with E-state index in [-0.39, 0.29) is 23.9 Å². The highest BCUT2D eigenvalue weighted by molar-refractivity contribution is 6.05. The average molecular weight is 266 g/mol. The van der Waals surface area contributed by atoms with E-state index < -0.39 is 0 Å². The summed E-state index contributed by atoms with van der Waals surface area (Å²) in [6, 6.07) is -0.0573. The Balaban J connectivity index is 1.69. The van der Waals surface area contributed by atoms with Gasteiger partial charge >= 0.3 is 0 Å². The molecule has 19 heavy (non-hydrogen) atoms. The van der Waals surface area contributed by atoms with E-state index in [2.05, 4.69) is 4.90 Å². The van der Waals surface area contributed by atoms with Crippen LogP contribution in [0.4, 0.5) is 0 Å². The summed E-state index contributed by atoms with van der Waals surface area (Å²) in [7, 11) is 0. The first kappa shape index (κ1) is 13.1. The van der Waals surface area contributed by atoms with E-state index in [1.807, 2.05) is 0 Å². The number of amides is 2. The quantitative estimate of drug-likeness (QED) is 0.693. The summed E-state index contributed by atoms with van der Waals surface area (Å²) in [6.07, 6.45) is 5.88. The topological polar surface area (TPSA) is 49.9 Å². The van der Waals surface area contributed by atoms with Crippen molar-refractivity contribution in [2.75, 3.05) is 26.3 Å². The smallest absolute Gasteiger partial charge is 0.247 e. The Kier molecular flexibility index (Phi) is 3.84. The van der Waals surface area contributed by atoms with Gasteiger partial charge in [0.25, 0.3) is 0 Å². The van der Waals surface area contributed by atoms with Crippen molar-refractivity contribution >= 4 is 11.8 Å². The third kappa shape index (κ3) is 2.54. The second kappa shape index (κ2) is 5.59. The average Bonchev–Trinajstić information content (AvgIpc) is 2.76. The van der Waals surface area contributed by atoms with Crippen LogP contribution in [0.15, 0.2) is 0 Å². The molecule has 106 valence electrons. The Morgan fingerprint density at radius 1 is 1.00 bits per heavy atom. The number of carbonyl (C=O) groups excluding carboxylic acids is 2. The van der Waals surface area contributed by atoms with Crippen molar-refractivity contribution in [3.63, 3.8) is 0 Å². The summed E-state index contributed by atoms with van der Waals surface area (Å²) in [6.45, 7) is 2.87. The highest BCUT2D eigenvalue weighted by Crippen LogP contribution is 2.29. The number of likely N-dealkylation sites (tertiary alicyclic amines) is 1. The van der Waals surface area contributed by atoms with Gasteiger partial charge in [-0.05, 0) is 12.8 Å². The fourth-order valence-electron chi connectivity index (χ4n) is 3.53.